The summed E-state index contributed by atoms with van der Waals surface area (Å²) in [4.78, 5) is 6.10. The Morgan fingerprint density at radius 2 is 2.33 bits per heavy atom. The lowest BCUT2D eigenvalue weighted by Gasteiger charge is -2.17. The number of hydrogen-bond donors (Lipinski definition) is 1. The van der Waals surface area contributed by atoms with Gasteiger partial charge < -0.3 is 10.6 Å². The van der Waals surface area contributed by atoms with Gasteiger partial charge >= 0.3 is 0 Å². The molecular weight excluding hydrogens is 150 g/mol. The summed E-state index contributed by atoms with van der Waals surface area (Å²) in [6, 6.07) is 3.85. The van der Waals surface area contributed by atoms with Crippen molar-refractivity contribution in [3.05, 3.63) is 18.3 Å². The zero-order valence-electron chi connectivity index (χ0n) is 7.62. The normalized spacial score (nSPS) is 9.83. The highest BCUT2D eigenvalue weighted by Gasteiger charge is 1.98. The van der Waals surface area contributed by atoms with E-state index < -0.39 is 0 Å². The summed E-state index contributed by atoms with van der Waals surface area (Å²) in [5.41, 5.74) is 6.68. The molecular formula is C9H15N3. The van der Waals surface area contributed by atoms with Gasteiger partial charge in [0.05, 0.1) is 0 Å². The molecule has 0 bridgehead atoms. The van der Waals surface area contributed by atoms with Gasteiger partial charge in [0, 0.05) is 31.5 Å². The number of hydrogen-bond acceptors (Lipinski definition) is 3. The van der Waals surface area contributed by atoms with E-state index in [-0.39, 0.29) is 0 Å². The Morgan fingerprint density at radius 1 is 1.58 bits per heavy atom. The number of nitrogen functional groups attached to an aromatic ring is 1. The molecule has 1 rings (SSSR count). The van der Waals surface area contributed by atoms with Crippen molar-refractivity contribution < 1.29 is 0 Å². The number of rotatable bonds is 3. The smallest absolute Gasteiger partial charge is 0.125 e. The molecule has 0 fully saturated rings. The van der Waals surface area contributed by atoms with Crippen LogP contribution < -0.4 is 10.6 Å². The molecule has 0 aliphatic rings. The monoisotopic (exact) mass is 165 g/mol. The Hall–Kier alpha value is -1.25. The van der Waals surface area contributed by atoms with Gasteiger partial charge in [0.15, 0.2) is 0 Å². The quantitative estimate of drug-likeness (QED) is 0.738. The summed E-state index contributed by atoms with van der Waals surface area (Å²) in [5, 5.41) is 0. The van der Waals surface area contributed by atoms with Crippen LogP contribution in [0.5, 0.6) is 0 Å². The fraction of sp³-hybridized carbons (Fsp3) is 0.444. The summed E-state index contributed by atoms with van der Waals surface area (Å²) in [5.74, 6) is 0.579. The molecule has 0 amide bonds. The highest BCUT2D eigenvalue weighted by molar-refractivity contribution is 5.51. The van der Waals surface area contributed by atoms with Gasteiger partial charge in [-0.05, 0) is 12.5 Å². The molecule has 66 valence electrons. The van der Waals surface area contributed by atoms with Gasteiger partial charge in [-0.1, -0.05) is 6.92 Å². The predicted octanol–water partition coefficient (Wildman–Crippen LogP) is 1.51. The Kier molecular flexibility index (Phi) is 2.91. The average Bonchev–Trinajstić information content (AvgIpc) is 2.05. The second-order valence-electron chi connectivity index (χ2n) is 2.86. The highest BCUT2D eigenvalue weighted by atomic mass is 15.1. The van der Waals surface area contributed by atoms with Gasteiger partial charge in [0.1, 0.15) is 5.82 Å². The Labute approximate surface area is 73.2 Å². The van der Waals surface area contributed by atoms with Gasteiger partial charge in [-0.2, -0.15) is 0 Å². The third-order valence-electron chi connectivity index (χ3n) is 1.76. The molecule has 1 aromatic heterocycles. The fourth-order valence-corrected chi connectivity index (χ4v) is 1.14. The maximum absolute atomic E-state index is 5.55. The van der Waals surface area contributed by atoms with Crippen molar-refractivity contribution >= 4 is 11.5 Å². The van der Waals surface area contributed by atoms with Crippen molar-refractivity contribution in [2.75, 3.05) is 24.2 Å². The van der Waals surface area contributed by atoms with Crippen molar-refractivity contribution in [2.24, 2.45) is 0 Å². The standard InChI is InChI=1S/C9H15N3/c1-3-6-12(2)8-4-5-11-9(10)7-8/h4-5,7H,3,6H2,1-2H3,(H2,10,11). The predicted molar refractivity (Wildman–Crippen MR) is 52.2 cm³/mol. The first kappa shape index (κ1) is 8.84. The van der Waals surface area contributed by atoms with Crippen LogP contribution in [0.25, 0.3) is 0 Å². The van der Waals surface area contributed by atoms with Gasteiger partial charge in [-0.25, -0.2) is 4.98 Å². The molecule has 0 spiro atoms. The van der Waals surface area contributed by atoms with Crippen molar-refractivity contribution in [2.45, 2.75) is 13.3 Å². The Morgan fingerprint density at radius 3 is 2.92 bits per heavy atom. The number of pyridine rings is 1. The molecule has 0 saturated heterocycles. The Balaban J connectivity index is 2.73. The summed E-state index contributed by atoms with van der Waals surface area (Å²) < 4.78 is 0. The van der Waals surface area contributed by atoms with E-state index in [0.29, 0.717) is 5.82 Å². The lowest BCUT2D eigenvalue weighted by molar-refractivity contribution is 0.851. The number of nitrogens with zero attached hydrogens (tertiary/aromatic N) is 2. The van der Waals surface area contributed by atoms with Crippen LogP contribution in [0.15, 0.2) is 18.3 Å². The van der Waals surface area contributed by atoms with Crippen LogP contribution in [0.1, 0.15) is 13.3 Å². The average molecular weight is 165 g/mol. The highest BCUT2D eigenvalue weighted by Crippen LogP contribution is 2.13. The summed E-state index contributed by atoms with van der Waals surface area (Å²) in [6.07, 6.45) is 2.87. The summed E-state index contributed by atoms with van der Waals surface area (Å²) in [7, 11) is 2.05. The molecule has 1 heterocycles. The number of anilines is 2. The summed E-state index contributed by atoms with van der Waals surface area (Å²) in [6.45, 7) is 3.20. The van der Waals surface area contributed by atoms with Crippen molar-refractivity contribution in [1.29, 1.82) is 0 Å². The van der Waals surface area contributed by atoms with E-state index in [0.717, 1.165) is 18.7 Å². The van der Waals surface area contributed by atoms with Gasteiger partial charge in [0.25, 0.3) is 0 Å². The van der Waals surface area contributed by atoms with E-state index in [1.807, 2.05) is 12.1 Å². The van der Waals surface area contributed by atoms with Gasteiger partial charge in [-0.15, -0.1) is 0 Å². The van der Waals surface area contributed by atoms with Crippen molar-refractivity contribution in [1.82, 2.24) is 4.98 Å². The first-order chi connectivity index (χ1) is 5.74. The van der Waals surface area contributed by atoms with Crippen LogP contribution in [0.2, 0.25) is 0 Å². The van der Waals surface area contributed by atoms with Crippen LogP contribution in [-0.4, -0.2) is 18.6 Å². The third kappa shape index (κ3) is 2.12. The molecule has 3 nitrogen and oxygen atoms in total. The molecule has 0 aliphatic carbocycles. The minimum Gasteiger partial charge on any atom is -0.384 e. The first-order valence-corrected chi connectivity index (χ1v) is 4.16. The molecule has 0 unspecified atom stereocenters. The minimum atomic E-state index is 0.579. The second kappa shape index (κ2) is 3.95. The van der Waals surface area contributed by atoms with E-state index in [1.54, 1.807) is 6.20 Å². The molecule has 0 atom stereocenters. The van der Waals surface area contributed by atoms with Crippen molar-refractivity contribution in [3.8, 4) is 0 Å². The van der Waals surface area contributed by atoms with E-state index in [4.69, 9.17) is 5.73 Å². The van der Waals surface area contributed by atoms with Crippen LogP contribution in [0, 0.1) is 0 Å². The molecule has 0 saturated carbocycles. The maximum Gasteiger partial charge on any atom is 0.125 e. The first-order valence-electron chi connectivity index (χ1n) is 4.16. The largest absolute Gasteiger partial charge is 0.384 e. The Bertz CT molecular complexity index is 247. The fourth-order valence-electron chi connectivity index (χ4n) is 1.14. The van der Waals surface area contributed by atoms with E-state index >= 15 is 0 Å². The molecule has 1 aromatic rings. The van der Waals surface area contributed by atoms with Crippen LogP contribution in [0.3, 0.4) is 0 Å². The second-order valence-corrected chi connectivity index (χ2v) is 2.86. The SMILES string of the molecule is CCCN(C)c1ccnc(N)c1. The summed E-state index contributed by atoms with van der Waals surface area (Å²) >= 11 is 0. The van der Waals surface area contributed by atoms with Crippen LogP contribution >= 0.6 is 0 Å². The topological polar surface area (TPSA) is 42.2 Å². The zero-order chi connectivity index (χ0) is 8.97. The van der Waals surface area contributed by atoms with Gasteiger partial charge in [0.2, 0.25) is 0 Å². The molecule has 2 N–H and O–H groups in total. The van der Waals surface area contributed by atoms with E-state index in [9.17, 15) is 0 Å². The lowest BCUT2D eigenvalue weighted by Crippen LogP contribution is -2.17. The lowest BCUT2D eigenvalue weighted by atomic mass is 10.3. The maximum atomic E-state index is 5.55. The molecule has 0 radical (unpaired) electrons. The van der Waals surface area contributed by atoms with E-state index in [1.165, 1.54) is 0 Å². The minimum absolute atomic E-state index is 0.579. The van der Waals surface area contributed by atoms with Crippen molar-refractivity contribution in [3.63, 3.8) is 0 Å². The third-order valence-corrected chi connectivity index (χ3v) is 1.76. The molecule has 12 heavy (non-hydrogen) atoms. The number of nitrogens with two attached hydrogens (primary N) is 1. The molecule has 0 aromatic carbocycles. The van der Waals surface area contributed by atoms with Gasteiger partial charge in [-0.3, -0.25) is 0 Å². The van der Waals surface area contributed by atoms with Crippen LogP contribution in [-0.2, 0) is 0 Å². The van der Waals surface area contributed by atoms with E-state index in [2.05, 4.69) is 23.9 Å². The van der Waals surface area contributed by atoms with Crippen LogP contribution in [0.4, 0.5) is 11.5 Å². The molecule has 0 aliphatic heterocycles. The number of aromatic nitrogens is 1. The zero-order valence-corrected chi connectivity index (χ0v) is 7.62. The molecule has 3 heteroatoms.